The maximum atomic E-state index is 10.9. The average molecular weight is 223 g/mol. The lowest BCUT2D eigenvalue weighted by atomic mass is 10.1. The third-order valence-corrected chi connectivity index (χ3v) is 2.20. The number of hydrogen-bond donors (Lipinski definition) is 1. The van der Waals surface area contributed by atoms with Crippen LogP contribution in [-0.2, 0) is 9.53 Å². The number of benzene rings is 1. The molecule has 1 aromatic rings. The molecule has 2 N–H and O–H groups in total. The van der Waals surface area contributed by atoms with E-state index in [-0.39, 0.29) is 18.4 Å². The van der Waals surface area contributed by atoms with Crippen molar-refractivity contribution in [3.05, 3.63) is 29.8 Å². The fraction of sp³-hybridized carbons (Fsp3) is 0.417. The number of methoxy groups -OCH3 is 1. The summed E-state index contributed by atoms with van der Waals surface area (Å²) < 4.78 is 10.0. The number of nitrogens with two attached hydrogens (primary N) is 1. The van der Waals surface area contributed by atoms with E-state index in [0.29, 0.717) is 6.61 Å². The Morgan fingerprint density at radius 2 is 2.12 bits per heavy atom. The minimum absolute atomic E-state index is 0.0886. The highest BCUT2D eigenvalue weighted by Gasteiger charge is 2.07. The zero-order valence-electron chi connectivity index (χ0n) is 9.60. The monoisotopic (exact) mass is 223 g/mol. The number of hydrogen-bond acceptors (Lipinski definition) is 4. The van der Waals surface area contributed by atoms with Gasteiger partial charge in [-0.3, -0.25) is 4.79 Å². The quantitative estimate of drug-likeness (QED) is 0.771. The van der Waals surface area contributed by atoms with Crippen LogP contribution in [0, 0.1) is 0 Å². The lowest BCUT2D eigenvalue weighted by Gasteiger charge is -2.13. The summed E-state index contributed by atoms with van der Waals surface area (Å²) in [7, 11) is 1.36. The standard InChI is InChI=1S/C12H17NO3/c1-9(13)10-5-3-4-6-11(10)16-8-7-12(14)15-2/h3-6,9H,7-8,13H2,1-2H3. The van der Waals surface area contributed by atoms with Gasteiger partial charge >= 0.3 is 5.97 Å². The summed E-state index contributed by atoms with van der Waals surface area (Å²) in [6, 6.07) is 7.45. The largest absolute Gasteiger partial charge is 0.493 e. The first-order valence-corrected chi connectivity index (χ1v) is 5.19. The number of carbonyl (C=O) groups excluding carboxylic acids is 1. The molecular formula is C12H17NO3. The van der Waals surface area contributed by atoms with Crippen molar-refractivity contribution in [3.8, 4) is 5.75 Å². The fourth-order valence-corrected chi connectivity index (χ4v) is 1.33. The van der Waals surface area contributed by atoms with E-state index < -0.39 is 0 Å². The SMILES string of the molecule is COC(=O)CCOc1ccccc1C(C)N. The van der Waals surface area contributed by atoms with Gasteiger partial charge in [0, 0.05) is 11.6 Å². The molecule has 0 aliphatic rings. The molecule has 4 nitrogen and oxygen atoms in total. The molecule has 1 unspecified atom stereocenters. The van der Waals surface area contributed by atoms with Crippen molar-refractivity contribution in [1.82, 2.24) is 0 Å². The fourth-order valence-electron chi connectivity index (χ4n) is 1.33. The van der Waals surface area contributed by atoms with Crippen LogP contribution in [0.25, 0.3) is 0 Å². The minimum Gasteiger partial charge on any atom is -0.493 e. The van der Waals surface area contributed by atoms with Gasteiger partial charge in [-0.05, 0) is 13.0 Å². The van der Waals surface area contributed by atoms with E-state index in [9.17, 15) is 4.79 Å². The molecule has 0 amide bonds. The van der Waals surface area contributed by atoms with Gasteiger partial charge < -0.3 is 15.2 Å². The zero-order valence-corrected chi connectivity index (χ0v) is 9.60. The Morgan fingerprint density at radius 1 is 1.44 bits per heavy atom. The zero-order chi connectivity index (χ0) is 12.0. The maximum absolute atomic E-state index is 10.9. The Labute approximate surface area is 95.3 Å². The molecule has 0 aliphatic heterocycles. The predicted molar refractivity (Wildman–Crippen MR) is 61.2 cm³/mol. The smallest absolute Gasteiger partial charge is 0.308 e. The highest BCUT2D eigenvalue weighted by molar-refractivity contribution is 5.69. The van der Waals surface area contributed by atoms with E-state index in [1.807, 2.05) is 31.2 Å². The average Bonchev–Trinajstić information content (AvgIpc) is 2.29. The number of ether oxygens (including phenoxy) is 2. The normalized spacial score (nSPS) is 11.9. The van der Waals surface area contributed by atoms with Crippen LogP contribution in [0.15, 0.2) is 24.3 Å². The van der Waals surface area contributed by atoms with Gasteiger partial charge in [-0.2, -0.15) is 0 Å². The van der Waals surface area contributed by atoms with Crippen molar-refractivity contribution < 1.29 is 14.3 Å². The van der Waals surface area contributed by atoms with E-state index >= 15 is 0 Å². The molecule has 0 aromatic heterocycles. The van der Waals surface area contributed by atoms with Crippen molar-refractivity contribution in [2.45, 2.75) is 19.4 Å². The van der Waals surface area contributed by atoms with Crippen LogP contribution < -0.4 is 10.5 Å². The van der Waals surface area contributed by atoms with E-state index in [2.05, 4.69) is 4.74 Å². The van der Waals surface area contributed by atoms with Gasteiger partial charge in [-0.15, -0.1) is 0 Å². The lowest BCUT2D eigenvalue weighted by molar-refractivity contribution is -0.141. The molecule has 0 bridgehead atoms. The van der Waals surface area contributed by atoms with Gasteiger partial charge in [-0.25, -0.2) is 0 Å². The van der Waals surface area contributed by atoms with Crippen LogP contribution in [0.1, 0.15) is 24.9 Å². The summed E-state index contributed by atoms with van der Waals surface area (Å²) in [5, 5.41) is 0. The molecule has 0 fully saturated rings. The van der Waals surface area contributed by atoms with Crippen molar-refractivity contribution >= 4 is 5.97 Å². The van der Waals surface area contributed by atoms with Crippen molar-refractivity contribution in [1.29, 1.82) is 0 Å². The molecule has 1 atom stereocenters. The molecule has 0 radical (unpaired) electrons. The first-order valence-electron chi connectivity index (χ1n) is 5.19. The van der Waals surface area contributed by atoms with E-state index in [4.69, 9.17) is 10.5 Å². The van der Waals surface area contributed by atoms with Crippen LogP contribution >= 0.6 is 0 Å². The molecule has 0 heterocycles. The Kier molecular flexibility index (Phi) is 4.79. The number of rotatable bonds is 5. The van der Waals surface area contributed by atoms with Gasteiger partial charge in [0.25, 0.3) is 0 Å². The van der Waals surface area contributed by atoms with Gasteiger partial charge in [0.05, 0.1) is 20.1 Å². The molecule has 88 valence electrons. The van der Waals surface area contributed by atoms with E-state index in [1.54, 1.807) is 0 Å². The predicted octanol–water partition coefficient (Wildman–Crippen LogP) is 1.65. The summed E-state index contributed by atoms with van der Waals surface area (Å²) >= 11 is 0. The third-order valence-electron chi connectivity index (χ3n) is 2.20. The topological polar surface area (TPSA) is 61.5 Å². The summed E-state index contributed by atoms with van der Waals surface area (Å²) in [5.74, 6) is 0.444. The van der Waals surface area contributed by atoms with Crippen LogP contribution in [0.2, 0.25) is 0 Å². The number of para-hydroxylation sites is 1. The summed E-state index contributed by atoms with van der Waals surface area (Å²) in [5.41, 5.74) is 6.74. The molecule has 1 rings (SSSR count). The first kappa shape index (κ1) is 12.5. The molecule has 4 heteroatoms. The summed E-state index contributed by atoms with van der Waals surface area (Å²) in [6.45, 7) is 2.19. The van der Waals surface area contributed by atoms with Crippen molar-refractivity contribution in [3.63, 3.8) is 0 Å². The van der Waals surface area contributed by atoms with Crippen LogP contribution in [0.3, 0.4) is 0 Å². The highest BCUT2D eigenvalue weighted by atomic mass is 16.5. The van der Waals surface area contributed by atoms with Gasteiger partial charge in [0.1, 0.15) is 5.75 Å². The Balaban J connectivity index is 2.56. The minimum atomic E-state index is -0.279. The van der Waals surface area contributed by atoms with Crippen molar-refractivity contribution in [2.24, 2.45) is 5.73 Å². The Bertz CT molecular complexity index is 350. The maximum Gasteiger partial charge on any atom is 0.308 e. The summed E-state index contributed by atoms with van der Waals surface area (Å²) in [4.78, 5) is 10.9. The van der Waals surface area contributed by atoms with Crippen LogP contribution in [0.4, 0.5) is 0 Å². The molecule has 16 heavy (non-hydrogen) atoms. The first-order chi connectivity index (χ1) is 7.65. The second kappa shape index (κ2) is 6.12. The van der Waals surface area contributed by atoms with Crippen LogP contribution in [0.5, 0.6) is 5.75 Å². The molecule has 0 saturated heterocycles. The number of carbonyl (C=O) groups is 1. The highest BCUT2D eigenvalue weighted by Crippen LogP contribution is 2.23. The van der Waals surface area contributed by atoms with Gasteiger partial charge in [0.15, 0.2) is 0 Å². The number of esters is 1. The molecular weight excluding hydrogens is 206 g/mol. The third kappa shape index (κ3) is 3.55. The lowest BCUT2D eigenvalue weighted by Crippen LogP contribution is -2.11. The second-order valence-corrected chi connectivity index (χ2v) is 3.50. The van der Waals surface area contributed by atoms with Crippen molar-refractivity contribution in [2.75, 3.05) is 13.7 Å². The molecule has 0 saturated carbocycles. The summed E-state index contributed by atoms with van der Waals surface area (Å²) in [6.07, 6.45) is 0.240. The van der Waals surface area contributed by atoms with Gasteiger partial charge in [0.2, 0.25) is 0 Å². The molecule has 0 aliphatic carbocycles. The van der Waals surface area contributed by atoms with Gasteiger partial charge in [-0.1, -0.05) is 18.2 Å². The molecule has 1 aromatic carbocycles. The Hall–Kier alpha value is -1.55. The second-order valence-electron chi connectivity index (χ2n) is 3.50. The molecule has 0 spiro atoms. The van der Waals surface area contributed by atoms with E-state index in [0.717, 1.165) is 11.3 Å². The van der Waals surface area contributed by atoms with E-state index in [1.165, 1.54) is 7.11 Å². The Morgan fingerprint density at radius 3 is 2.75 bits per heavy atom. The van der Waals surface area contributed by atoms with Crippen LogP contribution in [-0.4, -0.2) is 19.7 Å².